The Morgan fingerprint density at radius 3 is 2.36 bits per heavy atom. The largest absolute Gasteiger partial charge is 0.381 e. The van der Waals surface area contributed by atoms with Crippen LogP contribution in [-0.2, 0) is 0 Å². The van der Waals surface area contributed by atoms with Gasteiger partial charge in [0, 0.05) is 19.8 Å². The van der Waals surface area contributed by atoms with Crippen molar-refractivity contribution in [3.05, 3.63) is 11.8 Å². The molecule has 0 atom stereocenters. The first-order chi connectivity index (χ1) is 5.18. The van der Waals surface area contributed by atoms with E-state index in [1.54, 1.807) is 0 Å². The second-order valence-corrected chi connectivity index (χ2v) is 3.24. The molecule has 0 N–H and O–H groups in total. The molecule has 0 aliphatic rings. The molecule has 0 aromatic carbocycles. The van der Waals surface area contributed by atoms with E-state index in [1.165, 1.54) is 31.4 Å². The number of nitrogens with zero attached hydrogens (tertiary/aromatic N) is 1. The van der Waals surface area contributed by atoms with Crippen LogP contribution in [0, 0.1) is 0 Å². The third kappa shape index (κ3) is 5.96. The fourth-order valence-corrected chi connectivity index (χ4v) is 0.888. The van der Waals surface area contributed by atoms with Gasteiger partial charge in [-0.3, -0.25) is 0 Å². The summed E-state index contributed by atoms with van der Waals surface area (Å²) in [6.45, 7) is 4.40. The third-order valence-corrected chi connectivity index (χ3v) is 1.95. The molecule has 0 radical (unpaired) electrons. The topological polar surface area (TPSA) is 3.24 Å². The van der Waals surface area contributed by atoms with Crippen LogP contribution in [-0.4, -0.2) is 19.0 Å². The summed E-state index contributed by atoms with van der Waals surface area (Å²) >= 11 is 0. The van der Waals surface area contributed by atoms with E-state index < -0.39 is 0 Å². The molecule has 0 fully saturated rings. The average molecular weight is 155 g/mol. The molecule has 66 valence electrons. The van der Waals surface area contributed by atoms with Gasteiger partial charge in [0.25, 0.3) is 0 Å². The lowest BCUT2D eigenvalue weighted by Gasteiger charge is -2.12. The molecule has 0 aliphatic heterocycles. The van der Waals surface area contributed by atoms with Crippen LogP contribution in [0.3, 0.4) is 0 Å². The summed E-state index contributed by atoms with van der Waals surface area (Å²) in [5, 5.41) is 0. The van der Waals surface area contributed by atoms with Gasteiger partial charge >= 0.3 is 0 Å². The summed E-state index contributed by atoms with van der Waals surface area (Å²) in [4.78, 5) is 2.16. The molecule has 0 spiro atoms. The molecule has 0 saturated heterocycles. The van der Waals surface area contributed by atoms with Gasteiger partial charge in [0.05, 0.1) is 0 Å². The van der Waals surface area contributed by atoms with Gasteiger partial charge in [-0.2, -0.15) is 0 Å². The number of allylic oxidation sites excluding steroid dienone is 2. The van der Waals surface area contributed by atoms with E-state index in [9.17, 15) is 0 Å². The van der Waals surface area contributed by atoms with Crippen molar-refractivity contribution in [3.8, 4) is 0 Å². The summed E-state index contributed by atoms with van der Waals surface area (Å²) in [6.07, 6.45) is 7.56. The maximum Gasteiger partial charge on any atom is 0.00579 e. The Morgan fingerprint density at radius 2 is 1.91 bits per heavy atom. The van der Waals surface area contributed by atoms with E-state index in [0.717, 1.165) is 0 Å². The molecule has 1 heteroatoms. The lowest BCUT2D eigenvalue weighted by atomic mass is 10.2. The summed E-state index contributed by atoms with van der Waals surface area (Å²) in [6, 6.07) is 0. The Labute approximate surface area is 71.1 Å². The minimum atomic E-state index is 1.23. The van der Waals surface area contributed by atoms with Gasteiger partial charge < -0.3 is 4.90 Å². The zero-order valence-corrected chi connectivity index (χ0v) is 8.35. The Kier molecular flexibility index (Phi) is 6.00. The van der Waals surface area contributed by atoms with E-state index in [-0.39, 0.29) is 0 Å². The van der Waals surface area contributed by atoms with Crippen LogP contribution in [0.25, 0.3) is 0 Å². The third-order valence-electron chi connectivity index (χ3n) is 1.95. The first kappa shape index (κ1) is 10.5. The summed E-state index contributed by atoms with van der Waals surface area (Å²) < 4.78 is 0. The molecule has 1 nitrogen and oxygen atoms in total. The minimum absolute atomic E-state index is 1.23. The summed E-state index contributed by atoms with van der Waals surface area (Å²) in [5.74, 6) is 0. The molecule has 0 unspecified atom stereocenters. The SMILES string of the molecule is CCCCCC=C(C)N(C)C. The van der Waals surface area contributed by atoms with Crippen molar-refractivity contribution in [2.45, 2.75) is 39.5 Å². The molecule has 0 aromatic heterocycles. The van der Waals surface area contributed by atoms with E-state index in [2.05, 4.69) is 38.9 Å². The second-order valence-electron chi connectivity index (χ2n) is 3.24. The normalized spacial score (nSPS) is 11.8. The van der Waals surface area contributed by atoms with Crippen LogP contribution < -0.4 is 0 Å². The molecular weight excluding hydrogens is 134 g/mol. The molecule has 0 amide bonds. The molecule has 0 saturated carbocycles. The number of unbranched alkanes of at least 4 members (excludes halogenated alkanes) is 3. The molecule has 0 rings (SSSR count). The Hall–Kier alpha value is -0.460. The number of rotatable bonds is 5. The first-order valence-corrected chi connectivity index (χ1v) is 4.52. The van der Waals surface area contributed by atoms with Gasteiger partial charge in [-0.05, 0) is 19.8 Å². The van der Waals surface area contributed by atoms with Crippen molar-refractivity contribution < 1.29 is 0 Å². The average Bonchev–Trinajstić information content (AvgIpc) is 1.97. The lowest BCUT2D eigenvalue weighted by molar-refractivity contribution is 0.509. The Morgan fingerprint density at radius 1 is 1.27 bits per heavy atom. The van der Waals surface area contributed by atoms with Crippen LogP contribution in [0.15, 0.2) is 11.8 Å². The number of hydrogen-bond acceptors (Lipinski definition) is 1. The first-order valence-electron chi connectivity index (χ1n) is 4.52. The van der Waals surface area contributed by atoms with E-state index in [0.29, 0.717) is 0 Å². The highest BCUT2D eigenvalue weighted by Gasteiger charge is 1.89. The standard InChI is InChI=1S/C10H21N/c1-5-6-7-8-9-10(2)11(3)4/h9H,5-8H2,1-4H3. The van der Waals surface area contributed by atoms with Crippen molar-refractivity contribution in [2.24, 2.45) is 0 Å². The van der Waals surface area contributed by atoms with Crippen LogP contribution in [0.1, 0.15) is 39.5 Å². The molecule has 0 heterocycles. The monoisotopic (exact) mass is 155 g/mol. The van der Waals surface area contributed by atoms with Gasteiger partial charge in [-0.15, -0.1) is 0 Å². The van der Waals surface area contributed by atoms with Gasteiger partial charge in [-0.25, -0.2) is 0 Å². The van der Waals surface area contributed by atoms with Crippen LogP contribution >= 0.6 is 0 Å². The van der Waals surface area contributed by atoms with Crippen LogP contribution in [0.4, 0.5) is 0 Å². The van der Waals surface area contributed by atoms with Crippen molar-refractivity contribution in [3.63, 3.8) is 0 Å². The highest BCUT2D eigenvalue weighted by Crippen LogP contribution is 2.04. The van der Waals surface area contributed by atoms with Gasteiger partial charge in [0.1, 0.15) is 0 Å². The molecule has 0 aliphatic carbocycles. The quantitative estimate of drug-likeness (QED) is 0.552. The highest BCUT2D eigenvalue weighted by atomic mass is 15.1. The van der Waals surface area contributed by atoms with Crippen molar-refractivity contribution in [1.82, 2.24) is 4.90 Å². The van der Waals surface area contributed by atoms with Gasteiger partial charge in [0.15, 0.2) is 0 Å². The summed E-state index contributed by atoms with van der Waals surface area (Å²) in [7, 11) is 4.18. The summed E-state index contributed by atoms with van der Waals surface area (Å²) in [5.41, 5.74) is 1.38. The Bertz CT molecular complexity index is 114. The maximum absolute atomic E-state index is 2.32. The predicted octanol–water partition coefficient (Wildman–Crippen LogP) is 3.03. The zero-order valence-electron chi connectivity index (χ0n) is 8.35. The fourth-order valence-electron chi connectivity index (χ4n) is 0.888. The fraction of sp³-hybridized carbons (Fsp3) is 0.800. The molecule has 0 aromatic rings. The van der Waals surface area contributed by atoms with Crippen LogP contribution in [0.5, 0.6) is 0 Å². The zero-order chi connectivity index (χ0) is 8.69. The van der Waals surface area contributed by atoms with Crippen molar-refractivity contribution >= 4 is 0 Å². The van der Waals surface area contributed by atoms with Gasteiger partial charge in [0.2, 0.25) is 0 Å². The maximum atomic E-state index is 2.32. The lowest BCUT2D eigenvalue weighted by Crippen LogP contribution is -2.07. The predicted molar refractivity (Wildman–Crippen MR) is 51.6 cm³/mol. The van der Waals surface area contributed by atoms with E-state index in [1.807, 2.05) is 0 Å². The molecule has 0 bridgehead atoms. The van der Waals surface area contributed by atoms with E-state index >= 15 is 0 Å². The second kappa shape index (κ2) is 6.26. The van der Waals surface area contributed by atoms with E-state index in [4.69, 9.17) is 0 Å². The highest BCUT2D eigenvalue weighted by molar-refractivity contribution is 4.94. The van der Waals surface area contributed by atoms with Gasteiger partial charge in [-0.1, -0.05) is 25.8 Å². The minimum Gasteiger partial charge on any atom is -0.381 e. The Balaban J connectivity index is 3.40. The van der Waals surface area contributed by atoms with Crippen LogP contribution in [0.2, 0.25) is 0 Å². The molecular formula is C10H21N. The smallest absolute Gasteiger partial charge is 0.00579 e. The molecule has 11 heavy (non-hydrogen) atoms. The number of hydrogen-bond donors (Lipinski definition) is 0. The van der Waals surface area contributed by atoms with Crippen molar-refractivity contribution in [2.75, 3.05) is 14.1 Å². The van der Waals surface area contributed by atoms with Crippen molar-refractivity contribution in [1.29, 1.82) is 0 Å².